The molecule has 4 rings (SSSR count). The molecule has 0 radical (unpaired) electrons. The van der Waals surface area contributed by atoms with Crippen LogP contribution in [-0.4, -0.2) is 5.33 Å². The lowest BCUT2D eigenvalue weighted by molar-refractivity contribution is -0.669. The molecule has 0 amide bonds. The number of alkyl halides is 1. The van der Waals surface area contributed by atoms with Crippen LogP contribution in [0.25, 0.3) is 32.4 Å². The van der Waals surface area contributed by atoms with E-state index in [2.05, 4.69) is 75.2 Å². The van der Waals surface area contributed by atoms with E-state index < -0.39 is 0 Å². The number of halogens is 2. The number of fused-ring (bicyclic) bond motifs is 5. The third-order valence-electron chi connectivity index (χ3n) is 4.44. The van der Waals surface area contributed by atoms with Crippen molar-refractivity contribution in [2.24, 2.45) is 0 Å². The Morgan fingerprint density at radius 1 is 0.833 bits per heavy atom. The number of nitrogen functional groups attached to an aromatic ring is 1. The van der Waals surface area contributed by atoms with Crippen molar-refractivity contribution < 1.29 is 21.5 Å². The lowest BCUT2D eigenvalue weighted by atomic mass is 9.98. The van der Waals surface area contributed by atoms with Gasteiger partial charge in [-0.25, -0.2) is 0 Å². The molecule has 0 saturated carbocycles. The maximum Gasteiger partial charge on any atom is 0.213 e. The summed E-state index contributed by atoms with van der Waals surface area (Å²) < 4.78 is 2.36. The quantitative estimate of drug-likeness (QED) is 0.221. The predicted octanol–water partition coefficient (Wildman–Crippen LogP) is 1.80. The monoisotopic (exact) mass is 444 g/mol. The zero-order chi connectivity index (χ0) is 15.8. The van der Waals surface area contributed by atoms with Gasteiger partial charge in [0.05, 0.1) is 10.8 Å². The maximum absolute atomic E-state index is 6.32. The summed E-state index contributed by atoms with van der Waals surface area (Å²) in [5.41, 5.74) is 8.42. The number of nitrogens with two attached hydrogens (primary N) is 1. The van der Waals surface area contributed by atoms with Crippen LogP contribution in [0.15, 0.2) is 60.8 Å². The number of hydrogen-bond acceptors (Lipinski definition) is 1. The maximum atomic E-state index is 6.32. The van der Waals surface area contributed by atoms with Gasteiger partial charge in [-0.1, -0.05) is 52.3 Å². The molecule has 0 unspecified atom stereocenters. The molecule has 0 fully saturated rings. The van der Waals surface area contributed by atoms with Crippen LogP contribution < -0.4 is 27.3 Å². The molecular formula is C20H18Br2N2. The molecule has 122 valence electrons. The molecule has 0 aliphatic carbocycles. The minimum Gasteiger partial charge on any atom is -1.00 e. The smallest absolute Gasteiger partial charge is 0.213 e. The second kappa shape index (κ2) is 7.08. The van der Waals surface area contributed by atoms with Crippen molar-refractivity contribution in [3.63, 3.8) is 0 Å². The highest BCUT2D eigenvalue weighted by atomic mass is 79.9. The topological polar surface area (TPSA) is 29.9 Å². The number of para-hydroxylation sites is 1. The van der Waals surface area contributed by atoms with Crippen LogP contribution in [0, 0.1) is 0 Å². The van der Waals surface area contributed by atoms with Gasteiger partial charge in [0.15, 0.2) is 6.20 Å². The van der Waals surface area contributed by atoms with Crippen molar-refractivity contribution in [3.8, 4) is 0 Å². The number of rotatable bonds is 3. The predicted molar refractivity (Wildman–Crippen MR) is 102 cm³/mol. The fourth-order valence-electron chi connectivity index (χ4n) is 3.38. The molecule has 0 aliphatic rings. The molecule has 3 aromatic carbocycles. The summed E-state index contributed by atoms with van der Waals surface area (Å²) in [6.45, 7) is 1.00. The van der Waals surface area contributed by atoms with Crippen molar-refractivity contribution >= 4 is 54.1 Å². The van der Waals surface area contributed by atoms with Crippen LogP contribution in [0.3, 0.4) is 0 Å². The Morgan fingerprint density at radius 3 is 2.25 bits per heavy atom. The van der Waals surface area contributed by atoms with E-state index in [1.165, 1.54) is 27.1 Å². The van der Waals surface area contributed by atoms with Gasteiger partial charge in [-0.3, -0.25) is 0 Å². The molecular weight excluding hydrogens is 428 g/mol. The number of nitrogens with zero attached hydrogens (tertiary/aromatic N) is 1. The highest BCUT2D eigenvalue weighted by Crippen LogP contribution is 2.33. The molecule has 1 heterocycles. The number of anilines is 1. The van der Waals surface area contributed by atoms with Crippen LogP contribution in [-0.2, 0) is 6.54 Å². The van der Waals surface area contributed by atoms with Gasteiger partial charge in [0.25, 0.3) is 0 Å². The lowest BCUT2D eigenvalue weighted by Crippen LogP contribution is -3.00. The van der Waals surface area contributed by atoms with Gasteiger partial charge in [0.1, 0.15) is 6.54 Å². The van der Waals surface area contributed by atoms with Crippen LogP contribution in [0.2, 0.25) is 0 Å². The molecule has 0 bridgehead atoms. The molecule has 1 aromatic heterocycles. The van der Waals surface area contributed by atoms with Crippen molar-refractivity contribution in [2.75, 3.05) is 11.1 Å². The van der Waals surface area contributed by atoms with Crippen LogP contribution in [0.5, 0.6) is 0 Å². The van der Waals surface area contributed by atoms with E-state index in [0.717, 1.165) is 29.4 Å². The molecule has 0 aliphatic heterocycles. The largest absolute Gasteiger partial charge is 1.00 e. The minimum atomic E-state index is 0. The Labute approximate surface area is 160 Å². The van der Waals surface area contributed by atoms with Crippen LogP contribution in [0.4, 0.5) is 5.69 Å². The van der Waals surface area contributed by atoms with Crippen molar-refractivity contribution in [1.29, 1.82) is 0 Å². The van der Waals surface area contributed by atoms with E-state index in [4.69, 9.17) is 5.73 Å². The standard InChI is InChI=1S/C20H17BrN2.BrH/c21-10-5-11-23-13-18-14-6-1-2-7-15(14)19(22)12-17(18)16-8-3-4-9-20(16)23;/h1-4,6-9,12-13,22H,5,10-11H2;1H. The highest BCUT2D eigenvalue weighted by Gasteiger charge is 2.15. The molecule has 0 spiro atoms. The summed E-state index contributed by atoms with van der Waals surface area (Å²) in [7, 11) is 0. The number of aryl methyl sites for hydroxylation is 1. The van der Waals surface area contributed by atoms with Gasteiger partial charge >= 0.3 is 0 Å². The fraction of sp³-hybridized carbons (Fsp3) is 0.150. The Hall–Kier alpha value is -1.65. The van der Waals surface area contributed by atoms with E-state index in [9.17, 15) is 0 Å². The molecule has 2 nitrogen and oxygen atoms in total. The van der Waals surface area contributed by atoms with E-state index in [0.29, 0.717) is 0 Å². The molecule has 0 saturated heterocycles. The zero-order valence-corrected chi connectivity index (χ0v) is 16.3. The van der Waals surface area contributed by atoms with Gasteiger partial charge < -0.3 is 22.7 Å². The van der Waals surface area contributed by atoms with Crippen LogP contribution in [0.1, 0.15) is 6.42 Å². The molecule has 24 heavy (non-hydrogen) atoms. The Bertz CT molecular complexity index is 1030. The van der Waals surface area contributed by atoms with Gasteiger partial charge in [-0.2, -0.15) is 4.57 Å². The first-order valence-corrected chi connectivity index (χ1v) is 9.00. The highest BCUT2D eigenvalue weighted by molar-refractivity contribution is 9.09. The minimum absolute atomic E-state index is 0. The molecule has 2 N–H and O–H groups in total. The Balaban J connectivity index is 0.00000169. The third kappa shape index (κ3) is 2.78. The van der Waals surface area contributed by atoms with Crippen molar-refractivity contribution in [3.05, 3.63) is 60.8 Å². The van der Waals surface area contributed by atoms with E-state index >= 15 is 0 Å². The summed E-state index contributed by atoms with van der Waals surface area (Å²) in [6.07, 6.45) is 3.38. The summed E-state index contributed by atoms with van der Waals surface area (Å²) in [5.74, 6) is 0. The summed E-state index contributed by atoms with van der Waals surface area (Å²) >= 11 is 3.54. The summed E-state index contributed by atoms with van der Waals surface area (Å²) in [5, 5.41) is 7.12. The first-order chi connectivity index (χ1) is 11.3. The Kier molecular flexibility index (Phi) is 5.07. The lowest BCUT2D eigenvalue weighted by Gasteiger charge is -2.10. The number of benzene rings is 3. The van der Waals surface area contributed by atoms with Gasteiger partial charge in [0, 0.05) is 34.3 Å². The van der Waals surface area contributed by atoms with E-state index in [1.54, 1.807) is 0 Å². The van der Waals surface area contributed by atoms with Gasteiger partial charge in [-0.05, 0) is 17.5 Å². The second-order valence-corrected chi connectivity index (χ2v) is 6.65. The third-order valence-corrected chi connectivity index (χ3v) is 5.00. The van der Waals surface area contributed by atoms with Crippen LogP contribution >= 0.6 is 15.9 Å². The average molecular weight is 446 g/mol. The SMILES string of the molecule is Nc1cc2c(c[n+](CCCBr)c3ccccc23)c2ccccc12.[Br-]. The van der Waals surface area contributed by atoms with E-state index in [-0.39, 0.29) is 17.0 Å². The summed E-state index contributed by atoms with van der Waals surface area (Å²) in [6, 6.07) is 19.1. The molecule has 0 atom stereocenters. The summed E-state index contributed by atoms with van der Waals surface area (Å²) in [4.78, 5) is 0. The first kappa shape index (κ1) is 17.2. The Morgan fingerprint density at radius 2 is 1.50 bits per heavy atom. The second-order valence-electron chi connectivity index (χ2n) is 5.85. The fourth-order valence-corrected chi connectivity index (χ4v) is 3.63. The normalized spacial score (nSPS) is 11.0. The number of aromatic nitrogens is 1. The average Bonchev–Trinajstić information content (AvgIpc) is 2.60. The molecule has 4 aromatic rings. The number of hydrogen-bond donors (Lipinski definition) is 1. The first-order valence-electron chi connectivity index (χ1n) is 7.87. The van der Waals surface area contributed by atoms with Crippen molar-refractivity contribution in [2.45, 2.75) is 13.0 Å². The van der Waals surface area contributed by atoms with Gasteiger partial charge in [0.2, 0.25) is 5.52 Å². The van der Waals surface area contributed by atoms with Crippen molar-refractivity contribution in [1.82, 2.24) is 0 Å². The zero-order valence-electron chi connectivity index (χ0n) is 13.2. The van der Waals surface area contributed by atoms with Gasteiger partial charge in [-0.15, -0.1) is 0 Å². The molecule has 4 heteroatoms. The van der Waals surface area contributed by atoms with E-state index in [1.807, 2.05) is 6.07 Å². The number of pyridine rings is 1.